The summed E-state index contributed by atoms with van der Waals surface area (Å²) < 4.78 is 10.8. The molecule has 2 aromatic carbocycles. The Balaban J connectivity index is 1.66. The van der Waals surface area contributed by atoms with Crippen molar-refractivity contribution in [2.24, 2.45) is 0 Å². The molecule has 0 atom stereocenters. The molecule has 1 amide bonds. The second-order valence-corrected chi connectivity index (χ2v) is 6.92. The average molecular weight is 382 g/mol. The lowest BCUT2D eigenvalue weighted by Gasteiger charge is -2.10. The fraction of sp³-hybridized carbons (Fsp3) is 0.238. The van der Waals surface area contributed by atoms with Crippen molar-refractivity contribution >= 4 is 34.3 Å². The maximum absolute atomic E-state index is 12.3. The highest BCUT2D eigenvalue weighted by atomic mass is 32.2. The van der Waals surface area contributed by atoms with E-state index in [2.05, 4.69) is 10.3 Å². The minimum absolute atomic E-state index is 0.0799. The Morgan fingerprint density at radius 2 is 1.96 bits per heavy atom. The van der Waals surface area contributed by atoms with Crippen LogP contribution in [0.15, 0.2) is 53.6 Å². The van der Waals surface area contributed by atoms with Crippen molar-refractivity contribution in [1.29, 1.82) is 0 Å². The van der Waals surface area contributed by atoms with Crippen LogP contribution in [-0.2, 0) is 4.79 Å². The van der Waals surface area contributed by atoms with Crippen LogP contribution in [0.2, 0.25) is 0 Å². The Hall–Kier alpha value is -2.73. The molecule has 0 bridgehead atoms. The first-order valence-corrected chi connectivity index (χ1v) is 9.69. The Morgan fingerprint density at radius 3 is 2.67 bits per heavy atom. The van der Waals surface area contributed by atoms with E-state index >= 15 is 0 Å². The molecule has 0 saturated carbocycles. The van der Waals surface area contributed by atoms with E-state index in [1.807, 2.05) is 62.4 Å². The molecule has 1 heterocycles. The first-order chi connectivity index (χ1) is 13.1. The predicted molar refractivity (Wildman–Crippen MR) is 110 cm³/mol. The molecule has 0 aliphatic heterocycles. The SMILES string of the molecule is CCOc1ccc(NC(=O)CSc2cc(C)c3cccc(OC)c3n2)cc1. The van der Waals surface area contributed by atoms with E-state index in [-0.39, 0.29) is 11.7 Å². The van der Waals surface area contributed by atoms with E-state index in [1.54, 1.807) is 7.11 Å². The number of pyridine rings is 1. The van der Waals surface area contributed by atoms with Gasteiger partial charge in [-0.15, -0.1) is 0 Å². The van der Waals surface area contributed by atoms with Gasteiger partial charge in [-0.3, -0.25) is 4.79 Å². The van der Waals surface area contributed by atoms with Crippen molar-refractivity contribution in [3.05, 3.63) is 54.1 Å². The number of hydrogen-bond donors (Lipinski definition) is 1. The monoisotopic (exact) mass is 382 g/mol. The number of anilines is 1. The van der Waals surface area contributed by atoms with E-state index in [9.17, 15) is 4.79 Å². The number of methoxy groups -OCH3 is 1. The van der Waals surface area contributed by atoms with Gasteiger partial charge in [-0.25, -0.2) is 4.98 Å². The third-order valence-electron chi connectivity index (χ3n) is 4.01. The van der Waals surface area contributed by atoms with Gasteiger partial charge >= 0.3 is 0 Å². The summed E-state index contributed by atoms with van der Waals surface area (Å²) in [5.41, 5.74) is 2.66. The number of thioether (sulfide) groups is 1. The molecule has 0 spiro atoms. The van der Waals surface area contributed by atoms with E-state index in [1.165, 1.54) is 11.8 Å². The van der Waals surface area contributed by atoms with Gasteiger partial charge in [-0.1, -0.05) is 23.9 Å². The molecule has 3 aromatic rings. The minimum atomic E-state index is -0.0799. The third kappa shape index (κ3) is 4.71. The summed E-state index contributed by atoms with van der Waals surface area (Å²) in [6.45, 7) is 4.59. The summed E-state index contributed by atoms with van der Waals surface area (Å²) in [5, 5.41) is 4.74. The van der Waals surface area contributed by atoms with Gasteiger partial charge in [0.2, 0.25) is 5.91 Å². The normalized spacial score (nSPS) is 10.6. The van der Waals surface area contributed by atoms with Crippen molar-refractivity contribution in [2.45, 2.75) is 18.9 Å². The lowest BCUT2D eigenvalue weighted by Crippen LogP contribution is -2.14. The molecule has 0 saturated heterocycles. The van der Waals surface area contributed by atoms with Crippen LogP contribution in [0.5, 0.6) is 11.5 Å². The number of aromatic nitrogens is 1. The number of rotatable bonds is 7. The highest BCUT2D eigenvalue weighted by molar-refractivity contribution is 7.99. The first kappa shape index (κ1) is 19.0. The van der Waals surface area contributed by atoms with Crippen molar-refractivity contribution < 1.29 is 14.3 Å². The van der Waals surface area contributed by atoms with E-state index in [4.69, 9.17) is 9.47 Å². The number of amides is 1. The topological polar surface area (TPSA) is 60.5 Å². The van der Waals surface area contributed by atoms with Crippen LogP contribution in [0.3, 0.4) is 0 Å². The van der Waals surface area contributed by atoms with Crippen LogP contribution in [0, 0.1) is 6.92 Å². The molecule has 0 radical (unpaired) electrons. The summed E-state index contributed by atoms with van der Waals surface area (Å²) in [4.78, 5) is 16.9. The summed E-state index contributed by atoms with van der Waals surface area (Å²) in [5.74, 6) is 1.72. The fourth-order valence-electron chi connectivity index (χ4n) is 2.74. The fourth-order valence-corrected chi connectivity index (χ4v) is 3.50. The van der Waals surface area contributed by atoms with Gasteiger partial charge in [0.25, 0.3) is 0 Å². The molecule has 140 valence electrons. The van der Waals surface area contributed by atoms with Crippen molar-refractivity contribution in [3.63, 3.8) is 0 Å². The van der Waals surface area contributed by atoms with E-state index in [0.717, 1.165) is 38.7 Å². The van der Waals surface area contributed by atoms with Gasteiger partial charge in [0, 0.05) is 11.1 Å². The second-order valence-electron chi connectivity index (χ2n) is 5.93. The van der Waals surface area contributed by atoms with Gasteiger partial charge in [-0.05, 0) is 55.8 Å². The molecule has 0 aliphatic carbocycles. The van der Waals surface area contributed by atoms with Crippen LogP contribution < -0.4 is 14.8 Å². The van der Waals surface area contributed by atoms with Gasteiger partial charge in [0.05, 0.1) is 24.5 Å². The number of nitrogens with one attached hydrogen (secondary N) is 1. The third-order valence-corrected chi connectivity index (χ3v) is 4.92. The Labute approximate surface area is 163 Å². The zero-order chi connectivity index (χ0) is 19.2. The standard InChI is InChI=1S/C21H22N2O3S/c1-4-26-16-10-8-15(9-11-16)22-19(24)13-27-20-12-14(2)17-6-5-7-18(25-3)21(17)23-20/h5-12H,4,13H2,1-3H3,(H,22,24). The second kappa shape index (κ2) is 8.77. The van der Waals surface area contributed by atoms with Gasteiger partial charge in [-0.2, -0.15) is 0 Å². The Morgan fingerprint density at radius 1 is 1.19 bits per heavy atom. The lowest BCUT2D eigenvalue weighted by atomic mass is 10.1. The highest BCUT2D eigenvalue weighted by Crippen LogP contribution is 2.29. The van der Waals surface area contributed by atoms with E-state index in [0.29, 0.717) is 6.61 Å². The first-order valence-electron chi connectivity index (χ1n) is 8.70. The van der Waals surface area contributed by atoms with Gasteiger partial charge in [0.15, 0.2) is 0 Å². The summed E-state index contributed by atoms with van der Waals surface area (Å²) >= 11 is 1.40. The number of carbonyl (C=O) groups excluding carboxylic acids is 1. The smallest absolute Gasteiger partial charge is 0.234 e. The number of carbonyl (C=O) groups is 1. The van der Waals surface area contributed by atoms with Gasteiger partial charge in [0.1, 0.15) is 17.0 Å². The van der Waals surface area contributed by atoms with Gasteiger partial charge < -0.3 is 14.8 Å². The number of benzene rings is 2. The molecule has 0 unspecified atom stereocenters. The maximum atomic E-state index is 12.3. The number of hydrogen-bond acceptors (Lipinski definition) is 5. The molecule has 5 nitrogen and oxygen atoms in total. The zero-order valence-corrected chi connectivity index (χ0v) is 16.4. The molecule has 0 fully saturated rings. The number of ether oxygens (including phenoxy) is 2. The number of para-hydroxylation sites is 1. The molecular formula is C21H22N2O3S. The van der Waals surface area contributed by atoms with Crippen LogP contribution in [0.25, 0.3) is 10.9 Å². The van der Waals surface area contributed by atoms with Crippen molar-refractivity contribution in [3.8, 4) is 11.5 Å². The number of aryl methyl sites for hydroxylation is 1. The van der Waals surface area contributed by atoms with Crippen LogP contribution in [0.1, 0.15) is 12.5 Å². The largest absolute Gasteiger partial charge is 0.494 e. The molecule has 27 heavy (non-hydrogen) atoms. The molecule has 6 heteroatoms. The zero-order valence-electron chi connectivity index (χ0n) is 15.6. The van der Waals surface area contributed by atoms with Crippen LogP contribution >= 0.6 is 11.8 Å². The Bertz CT molecular complexity index is 942. The minimum Gasteiger partial charge on any atom is -0.494 e. The lowest BCUT2D eigenvalue weighted by molar-refractivity contribution is -0.113. The predicted octanol–water partition coefficient (Wildman–Crippen LogP) is 4.68. The molecule has 1 aromatic heterocycles. The number of fused-ring (bicyclic) bond motifs is 1. The van der Waals surface area contributed by atoms with Crippen LogP contribution in [-0.4, -0.2) is 30.4 Å². The van der Waals surface area contributed by atoms with Crippen molar-refractivity contribution in [2.75, 3.05) is 24.8 Å². The molecule has 0 aliphatic rings. The van der Waals surface area contributed by atoms with Crippen molar-refractivity contribution in [1.82, 2.24) is 4.98 Å². The molecule has 3 rings (SSSR count). The molecular weight excluding hydrogens is 360 g/mol. The quantitative estimate of drug-likeness (QED) is 0.601. The summed E-state index contributed by atoms with van der Waals surface area (Å²) in [7, 11) is 1.63. The van der Waals surface area contributed by atoms with E-state index < -0.39 is 0 Å². The molecule has 1 N–H and O–H groups in total. The Kier molecular flexibility index (Phi) is 6.19. The highest BCUT2D eigenvalue weighted by Gasteiger charge is 2.10. The average Bonchev–Trinajstić information content (AvgIpc) is 2.68. The summed E-state index contributed by atoms with van der Waals surface area (Å²) in [6, 6.07) is 15.2. The number of nitrogens with zero attached hydrogens (tertiary/aromatic N) is 1. The maximum Gasteiger partial charge on any atom is 0.234 e. The van der Waals surface area contributed by atoms with Crippen LogP contribution in [0.4, 0.5) is 5.69 Å². The summed E-state index contributed by atoms with van der Waals surface area (Å²) in [6.07, 6.45) is 0.